The lowest BCUT2D eigenvalue weighted by Crippen LogP contribution is -2.26. The Labute approximate surface area is 145 Å². The Kier molecular flexibility index (Phi) is 5.37. The van der Waals surface area contributed by atoms with E-state index in [4.69, 9.17) is 4.74 Å². The molecule has 4 nitrogen and oxygen atoms in total. The van der Waals surface area contributed by atoms with E-state index in [9.17, 15) is 4.39 Å². The van der Waals surface area contributed by atoms with Gasteiger partial charge in [0.2, 0.25) is 0 Å². The Morgan fingerprint density at radius 3 is 2.79 bits per heavy atom. The van der Waals surface area contributed by atoms with Crippen molar-refractivity contribution in [1.82, 2.24) is 14.5 Å². The molecule has 1 atom stereocenters. The Morgan fingerprint density at radius 2 is 2.04 bits per heavy atom. The third-order valence-electron chi connectivity index (χ3n) is 3.54. The van der Waals surface area contributed by atoms with Crippen molar-refractivity contribution in [3.8, 4) is 11.4 Å². The number of nitrogens with one attached hydrogen (secondary N) is 1. The summed E-state index contributed by atoms with van der Waals surface area (Å²) in [6, 6.07) is 12.4. The number of nitrogens with zero attached hydrogens (tertiary/aromatic N) is 2. The molecule has 1 unspecified atom stereocenters. The van der Waals surface area contributed by atoms with E-state index in [2.05, 4.69) is 23.7 Å². The number of hydrogen-bond donors (Lipinski definition) is 1. The highest BCUT2D eigenvalue weighted by Gasteiger charge is 2.08. The van der Waals surface area contributed by atoms with Gasteiger partial charge in [0.15, 0.2) is 0 Å². The smallest absolute Gasteiger partial charge is 0.123 e. The fourth-order valence-electron chi connectivity index (χ4n) is 2.37. The van der Waals surface area contributed by atoms with Crippen LogP contribution in [0.3, 0.4) is 0 Å². The highest BCUT2D eigenvalue weighted by Crippen LogP contribution is 2.23. The van der Waals surface area contributed by atoms with Crippen LogP contribution in [0.25, 0.3) is 16.6 Å². The van der Waals surface area contributed by atoms with Crippen LogP contribution >= 0.6 is 11.9 Å². The van der Waals surface area contributed by atoms with Crippen LogP contribution in [0.2, 0.25) is 0 Å². The molecule has 0 bridgehead atoms. The molecule has 0 saturated carbocycles. The Balaban J connectivity index is 1.74. The highest BCUT2D eigenvalue weighted by molar-refractivity contribution is 7.97. The summed E-state index contributed by atoms with van der Waals surface area (Å²) >= 11 is 1.69. The van der Waals surface area contributed by atoms with Gasteiger partial charge >= 0.3 is 0 Å². The Hall–Kier alpha value is -2.05. The molecule has 3 aromatic rings. The van der Waals surface area contributed by atoms with Gasteiger partial charge in [-0.25, -0.2) is 9.07 Å². The van der Waals surface area contributed by atoms with Gasteiger partial charge in [-0.05, 0) is 49.4 Å². The summed E-state index contributed by atoms with van der Waals surface area (Å²) in [4.78, 5) is 0. The second-order valence-electron chi connectivity index (χ2n) is 5.52. The van der Waals surface area contributed by atoms with E-state index in [0.29, 0.717) is 6.61 Å². The van der Waals surface area contributed by atoms with Crippen LogP contribution in [0.1, 0.15) is 13.8 Å². The molecule has 0 aliphatic heterocycles. The normalized spacial score (nSPS) is 12.5. The fraction of sp³-hybridized carbons (Fsp3) is 0.278. The minimum absolute atomic E-state index is 0.255. The zero-order valence-corrected chi connectivity index (χ0v) is 14.5. The van der Waals surface area contributed by atoms with Crippen LogP contribution in [0.5, 0.6) is 5.75 Å². The number of aromatic nitrogens is 2. The summed E-state index contributed by atoms with van der Waals surface area (Å²) in [6.07, 6.45) is 1.79. The van der Waals surface area contributed by atoms with Crippen LogP contribution in [0.15, 0.2) is 48.7 Å². The third kappa shape index (κ3) is 3.88. The molecule has 126 valence electrons. The monoisotopic (exact) mass is 345 g/mol. The van der Waals surface area contributed by atoms with Crippen molar-refractivity contribution >= 4 is 22.9 Å². The van der Waals surface area contributed by atoms with E-state index >= 15 is 0 Å². The van der Waals surface area contributed by atoms with Gasteiger partial charge < -0.3 is 4.74 Å². The SMILES string of the molecule is CCSNC(C)COc1ccc2c(cnn2-c2ccc(F)cc2)c1. The fourth-order valence-corrected chi connectivity index (χ4v) is 2.89. The molecular weight excluding hydrogens is 325 g/mol. The third-order valence-corrected chi connectivity index (χ3v) is 4.40. The average Bonchev–Trinajstić information content (AvgIpc) is 3.02. The van der Waals surface area contributed by atoms with E-state index in [1.165, 1.54) is 12.1 Å². The van der Waals surface area contributed by atoms with Crippen molar-refractivity contribution in [2.75, 3.05) is 12.4 Å². The summed E-state index contributed by atoms with van der Waals surface area (Å²) in [6.45, 7) is 4.80. The van der Waals surface area contributed by atoms with Gasteiger partial charge in [0.25, 0.3) is 0 Å². The Bertz CT molecular complexity index is 804. The molecule has 0 amide bonds. The summed E-state index contributed by atoms with van der Waals surface area (Å²) in [5, 5.41) is 5.38. The van der Waals surface area contributed by atoms with Crippen LogP contribution < -0.4 is 9.46 Å². The first-order valence-corrected chi connectivity index (χ1v) is 8.90. The largest absolute Gasteiger partial charge is 0.492 e. The number of rotatable bonds is 7. The van der Waals surface area contributed by atoms with E-state index in [-0.39, 0.29) is 11.9 Å². The highest BCUT2D eigenvalue weighted by atomic mass is 32.2. The predicted molar refractivity (Wildman–Crippen MR) is 97.3 cm³/mol. The summed E-state index contributed by atoms with van der Waals surface area (Å²) < 4.78 is 24.0. The topological polar surface area (TPSA) is 39.1 Å². The van der Waals surface area contributed by atoms with E-state index < -0.39 is 0 Å². The molecule has 0 saturated heterocycles. The standard InChI is InChI=1S/C18H20FN3OS/c1-3-24-21-13(2)12-23-17-8-9-18-14(10-17)11-20-22(18)16-6-4-15(19)5-7-16/h4-11,13,21H,3,12H2,1-2H3. The minimum Gasteiger partial charge on any atom is -0.492 e. The molecular formula is C18H20FN3OS. The second kappa shape index (κ2) is 7.68. The lowest BCUT2D eigenvalue weighted by Gasteiger charge is -2.13. The molecule has 0 fully saturated rings. The molecule has 24 heavy (non-hydrogen) atoms. The molecule has 1 heterocycles. The van der Waals surface area contributed by atoms with E-state index in [0.717, 1.165) is 28.1 Å². The van der Waals surface area contributed by atoms with Gasteiger partial charge in [-0.15, -0.1) is 0 Å². The summed E-state index contributed by atoms with van der Waals surface area (Å²) in [7, 11) is 0. The molecule has 0 radical (unpaired) electrons. The molecule has 6 heteroatoms. The van der Waals surface area contributed by atoms with Crippen LogP contribution in [-0.2, 0) is 0 Å². The maximum Gasteiger partial charge on any atom is 0.123 e. The summed E-state index contributed by atoms with van der Waals surface area (Å²) in [5.41, 5.74) is 1.79. The van der Waals surface area contributed by atoms with Crippen molar-refractivity contribution in [1.29, 1.82) is 0 Å². The lowest BCUT2D eigenvalue weighted by atomic mass is 10.2. The zero-order chi connectivity index (χ0) is 16.9. The number of benzene rings is 2. The molecule has 2 aromatic carbocycles. The number of ether oxygens (including phenoxy) is 1. The minimum atomic E-state index is -0.255. The van der Waals surface area contributed by atoms with Gasteiger partial charge in [-0.2, -0.15) is 5.10 Å². The molecule has 1 aromatic heterocycles. The van der Waals surface area contributed by atoms with Crippen molar-refractivity contribution in [2.24, 2.45) is 0 Å². The van der Waals surface area contributed by atoms with Gasteiger partial charge in [0.1, 0.15) is 18.2 Å². The van der Waals surface area contributed by atoms with Crippen molar-refractivity contribution in [3.05, 3.63) is 54.5 Å². The van der Waals surface area contributed by atoms with Crippen LogP contribution in [0, 0.1) is 5.82 Å². The van der Waals surface area contributed by atoms with Gasteiger partial charge in [-0.1, -0.05) is 18.9 Å². The number of hydrogen-bond acceptors (Lipinski definition) is 4. The molecule has 0 aliphatic carbocycles. The van der Waals surface area contributed by atoms with E-state index in [1.54, 1.807) is 35.0 Å². The number of halogens is 1. The summed E-state index contributed by atoms with van der Waals surface area (Å²) in [5.74, 6) is 1.59. The van der Waals surface area contributed by atoms with Crippen molar-refractivity contribution in [3.63, 3.8) is 0 Å². The molecule has 0 spiro atoms. The average molecular weight is 345 g/mol. The first-order chi connectivity index (χ1) is 11.7. The second-order valence-corrected chi connectivity index (χ2v) is 6.62. The zero-order valence-electron chi connectivity index (χ0n) is 13.7. The van der Waals surface area contributed by atoms with Gasteiger partial charge in [0, 0.05) is 17.2 Å². The first kappa shape index (κ1) is 16.8. The quantitative estimate of drug-likeness (QED) is 0.652. The van der Waals surface area contributed by atoms with Crippen molar-refractivity contribution in [2.45, 2.75) is 19.9 Å². The van der Waals surface area contributed by atoms with Crippen molar-refractivity contribution < 1.29 is 9.13 Å². The van der Waals surface area contributed by atoms with Gasteiger partial charge in [0.05, 0.1) is 17.4 Å². The van der Waals surface area contributed by atoms with Crippen LogP contribution in [-0.4, -0.2) is 28.2 Å². The maximum atomic E-state index is 13.1. The Morgan fingerprint density at radius 1 is 1.25 bits per heavy atom. The number of fused-ring (bicyclic) bond motifs is 1. The molecule has 1 N–H and O–H groups in total. The van der Waals surface area contributed by atoms with E-state index in [1.807, 2.05) is 18.2 Å². The first-order valence-electron chi connectivity index (χ1n) is 7.91. The lowest BCUT2D eigenvalue weighted by molar-refractivity contribution is 0.290. The van der Waals surface area contributed by atoms with Gasteiger partial charge in [-0.3, -0.25) is 4.72 Å². The molecule has 3 rings (SSSR count). The van der Waals surface area contributed by atoms with Crippen LogP contribution in [0.4, 0.5) is 4.39 Å². The molecule has 0 aliphatic rings. The predicted octanol–water partition coefficient (Wildman–Crippen LogP) is 4.19. The maximum absolute atomic E-state index is 13.1.